The number of carboxylic acid groups (broad SMARTS) is 1. The van der Waals surface area contributed by atoms with Crippen LogP contribution in [0, 0.1) is 11.8 Å². The first-order valence-electron chi connectivity index (χ1n) is 9.11. The van der Waals surface area contributed by atoms with Crippen molar-refractivity contribution in [1.82, 2.24) is 5.32 Å². The number of hydrogen-bond donors (Lipinski definition) is 3. The normalized spacial score (nSPS) is 22.5. The van der Waals surface area contributed by atoms with Gasteiger partial charge in [0.2, 0.25) is 0 Å². The fraction of sp³-hybridized carbons (Fsp3) is 0.600. The van der Waals surface area contributed by atoms with Crippen LogP contribution in [0.5, 0.6) is 0 Å². The van der Waals surface area contributed by atoms with E-state index in [1.54, 1.807) is 20.8 Å². The number of carboxylic acids is 1. The zero-order valence-corrected chi connectivity index (χ0v) is 15.6. The van der Waals surface area contributed by atoms with Crippen molar-refractivity contribution in [3.63, 3.8) is 0 Å². The minimum absolute atomic E-state index is 0.379. The zero-order chi connectivity index (χ0) is 19.3. The van der Waals surface area contributed by atoms with E-state index in [-0.39, 0.29) is 5.92 Å². The Hall–Kier alpha value is -2.08. The van der Waals surface area contributed by atoms with Gasteiger partial charge in [-0.15, -0.1) is 0 Å². The molecule has 1 aromatic rings. The van der Waals surface area contributed by atoms with E-state index in [1.807, 2.05) is 30.3 Å². The molecule has 1 aromatic carbocycles. The Labute approximate surface area is 154 Å². The van der Waals surface area contributed by atoms with Crippen LogP contribution >= 0.6 is 0 Å². The van der Waals surface area contributed by atoms with Crippen molar-refractivity contribution in [2.75, 3.05) is 0 Å². The molecule has 6 heteroatoms. The average Bonchev–Trinajstić information content (AvgIpc) is 3.02. The van der Waals surface area contributed by atoms with E-state index >= 15 is 0 Å². The van der Waals surface area contributed by atoms with Crippen LogP contribution in [0.2, 0.25) is 0 Å². The second-order valence-electron chi connectivity index (χ2n) is 7.97. The van der Waals surface area contributed by atoms with Crippen molar-refractivity contribution in [2.24, 2.45) is 11.8 Å². The highest BCUT2D eigenvalue weighted by atomic mass is 16.6. The van der Waals surface area contributed by atoms with Crippen LogP contribution in [-0.4, -0.2) is 40.0 Å². The number of aliphatic carboxylic acids is 1. The molecule has 144 valence electrons. The van der Waals surface area contributed by atoms with Gasteiger partial charge in [-0.3, -0.25) is 4.79 Å². The highest BCUT2D eigenvalue weighted by Crippen LogP contribution is 2.36. The summed E-state index contributed by atoms with van der Waals surface area (Å²) in [6.07, 6.45) is 0.808. The lowest BCUT2D eigenvalue weighted by molar-refractivity contribution is -0.144. The van der Waals surface area contributed by atoms with Gasteiger partial charge in [0.15, 0.2) is 0 Å². The van der Waals surface area contributed by atoms with E-state index in [4.69, 9.17) is 4.74 Å². The Balaban J connectivity index is 2.16. The van der Waals surface area contributed by atoms with Gasteiger partial charge in [0.25, 0.3) is 0 Å². The number of amides is 1. The Morgan fingerprint density at radius 2 is 1.88 bits per heavy atom. The fourth-order valence-corrected chi connectivity index (χ4v) is 3.59. The van der Waals surface area contributed by atoms with Crippen LogP contribution in [-0.2, 0) is 16.0 Å². The standard InChI is InChI=1S/C20H29NO5/c1-20(2,3)26-19(25)21-16(12-13-8-5-4-6-9-13)17(22)14-10-7-11-15(14)18(23)24/h4-6,8-9,14-17,22H,7,10-12H2,1-3H3,(H,21,25)(H,23,24)/t14-,15+,16?,17?/m0/s1. The van der Waals surface area contributed by atoms with E-state index < -0.39 is 35.7 Å². The summed E-state index contributed by atoms with van der Waals surface area (Å²) in [5.74, 6) is -1.85. The number of alkyl carbamates (subject to hydrolysis) is 1. The summed E-state index contributed by atoms with van der Waals surface area (Å²) in [6, 6.07) is 8.90. The highest BCUT2D eigenvalue weighted by Gasteiger charge is 2.41. The lowest BCUT2D eigenvalue weighted by Crippen LogP contribution is -2.50. The number of benzene rings is 1. The number of aliphatic hydroxyl groups excluding tert-OH is 1. The molecule has 1 aliphatic carbocycles. The van der Waals surface area contributed by atoms with Crippen molar-refractivity contribution >= 4 is 12.1 Å². The molecule has 2 rings (SSSR count). The van der Waals surface area contributed by atoms with Gasteiger partial charge < -0.3 is 20.3 Å². The number of nitrogens with one attached hydrogen (secondary N) is 1. The van der Waals surface area contributed by atoms with E-state index in [0.29, 0.717) is 19.3 Å². The van der Waals surface area contributed by atoms with Crippen molar-refractivity contribution in [3.8, 4) is 0 Å². The van der Waals surface area contributed by atoms with E-state index in [2.05, 4.69) is 5.32 Å². The predicted octanol–water partition coefficient (Wildman–Crippen LogP) is 2.98. The van der Waals surface area contributed by atoms with Crippen LogP contribution in [0.15, 0.2) is 30.3 Å². The fourth-order valence-electron chi connectivity index (χ4n) is 3.59. The molecule has 0 saturated heterocycles. The molecule has 26 heavy (non-hydrogen) atoms. The Morgan fingerprint density at radius 1 is 1.23 bits per heavy atom. The highest BCUT2D eigenvalue weighted by molar-refractivity contribution is 5.71. The number of hydrogen-bond acceptors (Lipinski definition) is 4. The van der Waals surface area contributed by atoms with Gasteiger partial charge in [0, 0.05) is 5.92 Å². The molecule has 1 fully saturated rings. The lowest BCUT2D eigenvalue weighted by atomic mass is 9.85. The Morgan fingerprint density at radius 3 is 2.46 bits per heavy atom. The zero-order valence-electron chi connectivity index (χ0n) is 15.6. The van der Waals surface area contributed by atoms with E-state index in [9.17, 15) is 19.8 Å². The van der Waals surface area contributed by atoms with E-state index in [1.165, 1.54) is 0 Å². The monoisotopic (exact) mass is 363 g/mol. The van der Waals surface area contributed by atoms with Gasteiger partial charge in [0.1, 0.15) is 5.60 Å². The van der Waals surface area contributed by atoms with Crippen LogP contribution in [0.3, 0.4) is 0 Å². The van der Waals surface area contributed by atoms with Gasteiger partial charge in [-0.05, 0) is 45.6 Å². The van der Waals surface area contributed by atoms with Gasteiger partial charge in [-0.1, -0.05) is 36.8 Å². The summed E-state index contributed by atoms with van der Waals surface area (Å²) in [7, 11) is 0. The van der Waals surface area contributed by atoms with Crippen molar-refractivity contribution in [3.05, 3.63) is 35.9 Å². The first-order chi connectivity index (χ1) is 12.2. The maximum atomic E-state index is 12.2. The third kappa shape index (κ3) is 5.73. The van der Waals surface area contributed by atoms with Crippen LogP contribution in [0.4, 0.5) is 4.79 Å². The number of carbonyl (C=O) groups is 2. The molecule has 2 unspecified atom stereocenters. The molecule has 3 N–H and O–H groups in total. The topological polar surface area (TPSA) is 95.9 Å². The molecule has 1 saturated carbocycles. The van der Waals surface area contributed by atoms with Crippen molar-refractivity contribution < 1.29 is 24.5 Å². The molecule has 1 aliphatic rings. The summed E-state index contributed by atoms with van der Waals surface area (Å²) >= 11 is 0. The number of rotatable bonds is 6. The van der Waals surface area contributed by atoms with E-state index in [0.717, 1.165) is 12.0 Å². The van der Waals surface area contributed by atoms with Crippen molar-refractivity contribution in [2.45, 2.75) is 64.2 Å². The number of aliphatic hydroxyl groups is 1. The van der Waals surface area contributed by atoms with Gasteiger partial charge in [-0.25, -0.2) is 4.79 Å². The average molecular weight is 363 g/mol. The molecule has 0 bridgehead atoms. The summed E-state index contributed by atoms with van der Waals surface area (Å²) in [5.41, 5.74) is 0.306. The molecule has 0 spiro atoms. The van der Waals surface area contributed by atoms with Gasteiger partial charge in [-0.2, -0.15) is 0 Å². The second-order valence-corrected chi connectivity index (χ2v) is 7.97. The molecule has 0 heterocycles. The van der Waals surface area contributed by atoms with Gasteiger partial charge in [0.05, 0.1) is 18.1 Å². The Bertz CT molecular complexity index is 610. The summed E-state index contributed by atoms with van der Waals surface area (Å²) in [4.78, 5) is 23.7. The SMILES string of the molecule is CC(C)(C)OC(=O)NC(Cc1ccccc1)C(O)[C@H]1CCC[C@H]1C(=O)O. The minimum Gasteiger partial charge on any atom is -0.481 e. The molecule has 0 radical (unpaired) electrons. The maximum absolute atomic E-state index is 12.2. The molecule has 1 amide bonds. The first-order valence-corrected chi connectivity index (χ1v) is 9.11. The lowest BCUT2D eigenvalue weighted by Gasteiger charge is -2.31. The molecule has 4 atom stereocenters. The third-order valence-corrected chi connectivity index (χ3v) is 4.74. The molecular formula is C20H29NO5. The molecule has 0 aliphatic heterocycles. The maximum Gasteiger partial charge on any atom is 0.407 e. The Kier molecular flexibility index (Phi) is 6.64. The van der Waals surface area contributed by atoms with Crippen LogP contribution in [0.25, 0.3) is 0 Å². The van der Waals surface area contributed by atoms with Crippen LogP contribution < -0.4 is 5.32 Å². The summed E-state index contributed by atoms with van der Waals surface area (Å²) in [5, 5.41) is 23.1. The van der Waals surface area contributed by atoms with Crippen LogP contribution in [0.1, 0.15) is 45.6 Å². The quantitative estimate of drug-likeness (QED) is 0.722. The molecule has 0 aromatic heterocycles. The second kappa shape index (κ2) is 8.54. The predicted molar refractivity (Wildman–Crippen MR) is 97.8 cm³/mol. The minimum atomic E-state index is -0.952. The third-order valence-electron chi connectivity index (χ3n) is 4.74. The number of ether oxygens (including phenoxy) is 1. The largest absolute Gasteiger partial charge is 0.481 e. The smallest absolute Gasteiger partial charge is 0.407 e. The summed E-state index contributed by atoms with van der Waals surface area (Å²) < 4.78 is 5.32. The van der Waals surface area contributed by atoms with Crippen molar-refractivity contribution in [1.29, 1.82) is 0 Å². The summed E-state index contributed by atoms with van der Waals surface area (Å²) in [6.45, 7) is 5.31. The molecular weight excluding hydrogens is 334 g/mol. The molecule has 6 nitrogen and oxygen atoms in total. The number of carbonyl (C=O) groups excluding carboxylic acids is 1. The first kappa shape index (κ1) is 20.2. The van der Waals surface area contributed by atoms with Gasteiger partial charge >= 0.3 is 12.1 Å².